The Morgan fingerprint density at radius 3 is 1.63 bits per heavy atom. The van der Waals surface area contributed by atoms with Crippen LogP contribution in [0.3, 0.4) is 0 Å². The molecule has 0 amide bonds. The molecule has 202 valence electrons. The van der Waals surface area contributed by atoms with Gasteiger partial charge in [0.2, 0.25) is 5.69 Å². The van der Waals surface area contributed by atoms with Crippen molar-refractivity contribution >= 4 is 21.8 Å². The molecule has 4 nitrogen and oxygen atoms in total. The van der Waals surface area contributed by atoms with Crippen molar-refractivity contribution in [1.29, 1.82) is 0 Å². The Labute approximate surface area is 210 Å². The molecular weight excluding hydrogens is 527 g/mol. The third kappa shape index (κ3) is 4.62. The average molecular weight is 547 g/mol. The van der Waals surface area contributed by atoms with Crippen molar-refractivity contribution in [3.63, 3.8) is 0 Å². The Morgan fingerprint density at radius 2 is 1.16 bits per heavy atom. The van der Waals surface area contributed by atoms with Crippen molar-refractivity contribution in [2.24, 2.45) is 7.05 Å². The fourth-order valence-corrected chi connectivity index (χ4v) is 4.44. The minimum absolute atomic E-state index is 0.157. The van der Waals surface area contributed by atoms with E-state index in [0.717, 1.165) is 12.4 Å². The molecule has 0 bridgehead atoms. The first kappa shape index (κ1) is 27.5. The summed E-state index contributed by atoms with van der Waals surface area (Å²) in [4.78, 5) is 6.04. The number of aryl methyl sites for hydroxylation is 2. The number of alkyl halides is 9. The number of nitrogens with zero attached hydrogens (tertiary/aromatic N) is 4. The van der Waals surface area contributed by atoms with Crippen LogP contribution < -0.4 is 4.68 Å². The van der Waals surface area contributed by atoms with Crippen molar-refractivity contribution in [2.75, 3.05) is 0 Å². The highest BCUT2D eigenvalue weighted by atomic mass is 19.4. The summed E-state index contributed by atoms with van der Waals surface area (Å²) in [6, 6.07) is 8.65. The Hall–Kier alpha value is -3.51. The number of fused-ring (bicyclic) bond motifs is 2. The second-order valence-corrected chi connectivity index (χ2v) is 9.82. The predicted molar refractivity (Wildman–Crippen MR) is 120 cm³/mol. The Bertz CT molecular complexity index is 1580. The standard InChI is InChI=1S/C25H20F9N4/c1-11-12-8-6-7-9-13(12)15(22(2,3)4)10-14(11)18-16-17(19(23(26,27)28)37-38(18)5)36-21(25(32,33)34)20(35-16)24(29,30)31/h6-10H,1-5H3/q+1. The second kappa shape index (κ2) is 8.50. The average Bonchev–Trinajstić information content (AvgIpc) is 2.76. The molecule has 0 spiro atoms. The van der Waals surface area contributed by atoms with Crippen molar-refractivity contribution < 1.29 is 44.2 Å². The molecule has 38 heavy (non-hydrogen) atoms. The molecule has 2 aromatic heterocycles. The van der Waals surface area contributed by atoms with Gasteiger partial charge < -0.3 is 0 Å². The molecule has 0 saturated carbocycles. The summed E-state index contributed by atoms with van der Waals surface area (Å²) < 4.78 is 124. The van der Waals surface area contributed by atoms with Gasteiger partial charge >= 0.3 is 18.5 Å². The Morgan fingerprint density at radius 1 is 0.684 bits per heavy atom. The first-order valence-corrected chi connectivity index (χ1v) is 11.1. The topological polar surface area (TPSA) is 42.6 Å². The van der Waals surface area contributed by atoms with Gasteiger partial charge in [-0.1, -0.05) is 49.7 Å². The van der Waals surface area contributed by atoms with Crippen molar-refractivity contribution in [3.05, 3.63) is 58.5 Å². The van der Waals surface area contributed by atoms with E-state index in [4.69, 9.17) is 0 Å². The van der Waals surface area contributed by atoms with E-state index in [0.29, 0.717) is 21.2 Å². The van der Waals surface area contributed by atoms with Crippen LogP contribution in [0.15, 0.2) is 30.3 Å². The van der Waals surface area contributed by atoms with Gasteiger partial charge in [0.1, 0.15) is 5.52 Å². The normalized spacial score (nSPS) is 13.5. The van der Waals surface area contributed by atoms with Gasteiger partial charge in [-0.2, -0.15) is 39.5 Å². The van der Waals surface area contributed by atoms with Gasteiger partial charge in [0.15, 0.2) is 24.0 Å². The molecular formula is C25H20F9N4+. The largest absolute Gasteiger partial charge is 0.441 e. The molecule has 0 N–H and O–H groups in total. The summed E-state index contributed by atoms with van der Waals surface area (Å²) in [5.41, 5.74) is -8.88. The van der Waals surface area contributed by atoms with Gasteiger partial charge in [-0.05, 0) is 40.3 Å². The Kier molecular flexibility index (Phi) is 6.16. The summed E-state index contributed by atoms with van der Waals surface area (Å²) in [6.45, 7) is 7.21. The van der Waals surface area contributed by atoms with Crippen LogP contribution in [0, 0.1) is 6.92 Å². The van der Waals surface area contributed by atoms with E-state index >= 15 is 0 Å². The van der Waals surface area contributed by atoms with Crippen LogP contribution in [0.25, 0.3) is 33.1 Å². The zero-order valence-electron chi connectivity index (χ0n) is 20.6. The molecule has 2 aromatic carbocycles. The lowest BCUT2D eigenvalue weighted by atomic mass is 9.80. The minimum atomic E-state index is -5.73. The predicted octanol–water partition coefficient (Wildman–Crippen LogP) is 7.33. The third-order valence-electron chi connectivity index (χ3n) is 6.10. The van der Waals surface area contributed by atoms with Crippen LogP contribution in [-0.2, 0) is 31.0 Å². The van der Waals surface area contributed by atoms with E-state index in [-0.39, 0.29) is 11.3 Å². The van der Waals surface area contributed by atoms with E-state index in [1.807, 2.05) is 26.8 Å². The monoisotopic (exact) mass is 547 g/mol. The molecule has 0 radical (unpaired) electrons. The summed E-state index contributed by atoms with van der Waals surface area (Å²) in [5, 5.41) is 4.87. The lowest BCUT2D eigenvalue weighted by molar-refractivity contribution is -0.720. The summed E-state index contributed by atoms with van der Waals surface area (Å²) in [6.07, 6.45) is -16.7. The maximum absolute atomic E-state index is 13.9. The fourth-order valence-electron chi connectivity index (χ4n) is 4.44. The van der Waals surface area contributed by atoms with Crippen molar-refractivity contribution in [1.82, 2.24) is 15.1 Å². The lowest BCUT2D eigenvalue weighted by Gasteiger charge is -2.24. The number of benzene rings is 2. The quantitative estimate of drug-likeness (QED) is 0.185. The number of hydrogen-bond donors (Lipinski definition) is 0. The van der Waals surface area contributed by atoms with E-state index in [1.165, 1.54) is 0 Å². The molecule has 0 atom stereocenters. The summed E-state index contributed by atoms with van der Waals surface area (Å²) >= 11 is 0. The molecule has 0 fully saturated rings. The molecule has 2 heterocycles. The molecule has 0 aliphatic rings. The van der Waals surface area contributed by atoms with Crippen LogP contribution in [0.5, 0.6) is 0 Å². The van der Waals surface area contributed by atoms with Gasteiger partial charge in [-0.3, -0.25) is 0 Å². The SMILES string of the molecule is Cc1c(-c2c3nc(C(F)(F)F)c(C(F)(F)F)nc3c(C(F)(F)F)n[n+]2C)cc(C(C)(C)C)c2ccccc12. The van der Waals surface area contributed by atoms with Gasteiger partial charge in [-0.25, -0.2) is 9.97 Å². The molecule has 0 aliphatic heterocycles. The smallest absolute Gasteiger partial charge is 0.237 e. The summed E-state index contributed by atoms with van der Waals surface area (Å²) in [7, 11) is 1.06. The Balaban J connectivity index is 2.28. The number of rotatable bonds is 1. The van der Waals surface area contributed by atoms with Crippen LogP contribution in [0.1, 0.15) is 49.0 Å². The van der Waals surface area contributed by atoms with Crippen molar-refractivity contribution in [3.8, 4) is 11.3 Å². The van der Waals surface area contributed by atoms with Crippen LogP contribution >= 0.6 is 0 Å². The van der Waals surface area contributed by atoms with E-state index in [2.05, 4.69) is 15.1 Å². The zero-order valence-corrected chi connectivity index (χ0v) is 20.6. The van der Waals surface area contributed by atoms with Crippen LogP contribution in [0.4, 0.5) is 39.5 Å². The molecule has 4 rings (SSSR count). The van der Waals surface area contributed by atoms with E-state index in [9.17, 15) is 39.5 Å². The van der Waals surface area contributed by atoms with Gasteiger partial charge in [0.05, 0.1) is 5.56 Å². The lowest BCUT2D eigenvalue weighted by Crippen LogP contribution is -2.39. The highest BCUT2D eigenvalue weighted by Crippen LogP contribution is 2.43. The molecule has 0 unspecified atom stereocenters. The van der Waals surface area contributed by atoms with Crippen LogP contribution in [-0.4, -0.2) is 15.1 Å². The highest BCUT2D eigenvalue weighted by molar-refractivity contribution is 5.98. The highest BCUT2D eigenvalue weighted by Gasteiger charge is 2.49. The molecule has 13 heteroatoms. The maximum Gasteiger partial charge on any atom is 0.441 e. The third-order valence-corrected chi connectivity index (χ3v) is 6.10. The number of hydrogen-bond acceptors (Lipinski definition) is 3. The van der Waals surface area contributed by atoms with E-state index in [1.54, 1.807) is 31.2 Å². The van der Waals surface area contributed by atoms with Crippen molar-refractivity contribution in [2.45, 2.75) is 51.6 Å². The second-order valence-electron chi connectivity index (χ2n) is 9.82. The number of aromatic nitrogens is 4. The molecule has 0 aliphatic carbocycles. The van der Waals surface area contributed by atoms with Gasteiger partial charge in [-0.15, -0.1) is 0 Å². The number of halogens is 9. The summed E-state index contributed by atoms with van der Waals surface area (Å²) in [5.74, 6) is 0. The first-order valence-electron chi connectivity index (χ1n) is 11.1. The van der Waals surface area contributed by atoms with Crippen LogP contribution in [0.2, 0.25) is 0 Å². The van der Waals surface area contributed by atoms with Gasteiger partial charge in [0.25, 0.3) is 5.69 Å². The van der Waals surface area contributed by atoms with Gasteiger partial charge in [0, 0.05) is 5.10 Å². The minimum Gasteiger partial charge on any atom is -0.237 e. The molecule has 4 aromatic rings. The first-order chi connectivity index (χ1) is 17.2. The van der Waals surface area contributed by atoms with E-state index < -0.39 is 52.1 Å². The fraction of sp³-hybridized carbons (Fsp3) is 0.360. The molecule has 0 saturated heterocycles. The maximum atomic E-state index is 13.9. The zero-order chi connectivity index (χ0) is 28.6.